The fourth-order valence-corrected chi connectivity index (χ4v) is 2.56. The minimum atomic E-state index is -1.08. The lowest BCUT2D eigenvalue weighted by Crippen LogP contribution is -2.25. The first-order valence-corrected chi connectivity index (χ1v) is 6.50. The number of hydrogen-bond acceptors (Lipinski definition) is 1. The van der Waals surface area contributed by atoms with Crippen LogP contribution in [0.2, 0.25) is 5.02 Å². The zero-order valence-electron chi connectivity index (χ0n) is 11.0. The van der Waals surface area contributed by atoms with Crippen molar-refractivity contribution >= 4 is 11.6 Å². The zero-order valence-corrected chi connectivity index (χ0v) is 11.7. The van der Waals surface area contributed by atoms with E-state index in [0.717, 1.165) is 11.1 Å². The van der Waals surface area contributed by atoms with E-state index >= 15 is 0 Å². The number of halogens is 2. The van der Waals surface area contributed by atoms with Gasteiger partial charge in [0.2, 0.25) is 0 Å². The molecule has 100 valence electrons. The van der Waals surface area contributed by atoms with Crippen molar-refractivity contribution < 1.29 is 9.50 Å². The molecule has 1 unspecified atom stereocenters. The quantitative estimate of drug-likeness (QED) is 0.890. The third-order valence-corrected chi connectivity index (χ3v) is 3.62. The zero-order chi connectivity index (χ0) is 14.0. The third-order valence-electron chi connectivity index (χ3n) is 3.29. The smallest absolute Gasteiger partial charge is 0.123 e. The largest absolute Gasteiger partial charge is 0.385 e. The summed E-state index contributed by atoms with van der Waals surface area (Å²) >= 11 is 6.12. The number of benzene rings is 2. The average molecular weight is 279 g/mol. The molecule has 0 spiro atoms. The molecule has 0 aliphatic carbocycles. The average Bonchev–Trinajstić information content (AvgIpc) is 2.33. The van der Waals surface area contributed by atoms with Crippen molar-refractivity contribution in [3.8, 4) is 0 Å². The van der Waals surface area contributed by atoms with Crippen molar-refractivity contribution in [3.63, 3.8) is 0 Å². The van der Waals surface area contributed by atoms with Gasteiger partial charge in [-0.2, -0.15) is 0 Å². The highest BCUT2D eigenvalue weighted by molar-refractivity contribution is 6.31. The van der Waals surface area contributed by atoms with E-state index in [1.807, 2.05) is 19.1 Å². The summed E-state index contributed by atoms with van der Waals surface area (Å²) in [5.41, 5.74) is 1.33. The molecule has 0 heterocycles. The van der Waals surface area contributed by atoms with Gasteiger partial charge in [0.1, 0.15) is 5.82 Å². The number of aryl methyl sites for hydroxylation is 1. The molecular formula is C16H16ClFO. The topological polar surface area (TPSA) is 20.2 Å². The van der Waals surface area contributed by atoms with E-state index in [1.165, 1.54) is 12.1 Å². The molecule has 1 atom stereocenters. The van der Waals surface area contributed by atoms with Crippen molar-refractivity contribution in [2.45, 2.75) is 25.9 Å². The van der Waals surface area contributed by atoms with Gasteiger partial charge in [-0.3, -0.25) is 0 Å². The van der Waals surface area contributed by atoms with E-state index < -0.39 is 5.60 Å². The van der Waals surface area contributed by atoms with Gasteiger partial charge in [-0.1, -0.05) is 35.9 Å². The summed E-state index contributed by atoms with van der Waals surface area (Å²) in [4.78, 5) is 0. The van der Waals surface area contributed by atoms with Gasteiger partial charge in [-0.05, 0) is 43.2 Å². The fourth-order valence-electron chi connectivity index (χ4n) is 2.22. The lowest BCUT2D eigenvalue weighted by molar-refractivity contribution is 0.0575. The van der Waals surface area contributed by atoms with Gasteiger partial charge in [0.25, 0.3) is 0 Å². The molecule has 0 radical (unpaired) electrons. The van der Waals surface area contributed by atoms with E-state index in [-0.39, 0.29) is 5.82 Å². The Balaban J connectivity index is 2.33. The molecule has 0 aliphatic heterocycles. The van der Waals surface area contributed by atoms with E-state index in [1.54, 1.807) is 25.1 Å². The maximum absolute atomic E-state index is 13.1. The summed E-state index contributed by atoms with van der Waals surface area (Å²) < 4.78 is 13.1. The van der Waals surface area contributed by atoms with Gasteiger partial charge in [-0.15, -0.1) is 0 Å². The molecule has 2 aromatic rings. The number of rotatable bonds is 3. The van der Waals surface area contributed by atoms with Crippen LogP contribution >= 0.6 is 11.6 Å². The Bertz CT molecular complexity index is 593. The highest BCUT2D eigenvalue weighted by Crippen LogP contribution is 2.31. The summed E-state index contributed by atoms with van der Waals surface area (Å²) in [7, 11) is 0. The Morgan fingerprint density at radius 3 is 2.53 bits per heavy atom. The molecule has 0 fully saturated rings. The Morgan fingerprint density at radius 1 is 1.21 bits per heavy atom. The first kappa shape index (κ1) is 14.0. The van der Waals surface area contributed by atoms with Crippen LogP contribution in [0.5, 0.6) is 0 Å². The first-order chi connectivity index (χ1) is 8.90. The summed E-state index contributed by atoms with van der Waals surface area (Å²) in [6, 6.07) is 11.8. The van der Waals surface area contributed by atoms with Crippen molar-refractivity contribution in [1.29, 1.82) is 0 Å². The van der Waals surface area contributed by atoms with E-state index in [2.05, 4.69) is 0 Å². The molecule has 2 aromatic carbocycles. The predicted octanol–water partition coefficient (Wildman–Crippen LogP) is 4.24. The van der Waals surface area contributed by atoms with E-state index in [9.17, 15) is 9.50 Å². The lowest BCUT2D eigenvalue weighted by atomic mass is 9.87. The Morgan fingerprint density at radius 2 is 1.89 bits per heavy atom. The maximum atomic E-state index is 13.1. The molecule has 19 heavy (non-hydrogen) atoms. The number of aliphatic hydroxyl groups is 1. The lowest BCUT2D eigenvalue weighted by Gasteiger charge is -2.26. The van der Waals surface area contributed by atoms with Crippen LogP contribution in [0.15, 0.2) is 42.5 Å². The Hall–Kier alpha value is -1.38. The summed E-state index contributed by atoms with van der Waals surface area (Å²) in [6.07, 6.45) is 0.392. The fraction of sp³-hybridized carbons (Fsp3) is 0.250. The standard InChI is InChI=1S/C16H16ClFO/c1-11-9-13(18)8-7-12(11)10-16(2,19)14-5-3-4-6-15(14)17/h3-9,19H,10H2,1-2H3. The summed E-state index contributed by atoms with van der Waals surface area (Å²) in [5.74, 6) is -0.265. The van der Waals surface area contributed by atoms with Crippen molar-refractivity contribution in [3.05, 3.63) is 70.0 Å². The first-order valence-electron chi connectivity index (χ1n) is 6.12. The van der Waals surface area contributed by atoms with Gasteiger partial charge in [-0.25, -0.2) is 4.39 Å². The maximum Gasteiger partial charge on any atom is 0.123 e. The van der Waals surface area contributed by atoms with Crippen molar-refractivity contribution in [1.82, 2.24) is 0 Å². The third kappa shape index (κ3) is 3.14. The molecule has 1 nitrogen and oxygen atoms in total. The minimum Gasteiger partial charge on any atom is -0.385 e. The van der Waals surface area contributed by atoms with Crippen LogP contribution in [0, 0.1) is 12.7 Å². The van der Waals surface area contributed by atoms with E-state index in [4.69, 9.17) is 11.6 Å². The van der Waals surface area contributed by atoms with Crippen LogP contribution in [0.25, 0.3) is 0 Å². The minimum absolute atomic E-state index is 0.265. The SMILES string of the molecule is Cc1cc(F)ccc1CC(C)(O)c1ccccc1Cl. The van der Waals surface area contributed by atoms with Gasteiger partial charge < -0.3 is 5.11 Å². The molecule has 0 saturated heterocycles. The van der Waals surface area contributed by atoms with Crippen molar-refractivity contribution in [2.75, 3.05) is 0 Å². The molecule has 0 aliphatic rings. The van der Waals surface area contributed by atoms with Gasteiger partial charge in [0.15, 0.2) is 0 Å². The second-order valence-corrected chi connectivity index (χ2v) is 5.41. The molecule has 2 rings (SSSR count). The second-order valence-electron chi connectivity index (χ2n) is 5.00. The molecule has 0 amide bonds. The van der Waals surface area contributed by atoms with Crippen LogP contribution in [0.4, 0.5) is 4.39 Å². The summed E-state index contributed by atoms with van der Waals surface area (Å²) in [5, 5.41) is 11.2. The Kier molecular flexibility index (Phi) is 3.93. The molecule has 1 N–H and O–H groups in total. The van der Waals surface area contributed by atoms with Crippen LogP contribution in [0.3, 0.4) is 0 Å². The van der Waals surface area contributed by atoms with Crippen LogP contribution in [0.1, 0.15) is 23.6 Å². The highest BCUT2D eigenvalue weighted by Gasteiger charge is 2.26. The van der Waals surface area contributed by atoms with E-state index in [0.29, 0.717) is 17.0 Å². The Labute approximate surface area is 117 Å². The van der Waals surface area contributed by atoms with Gasteiger partial charge in [0.05, 0.1) is 5.60 Å². The molecule has 3 heteroatoms. The molecule has 0 aromatic heterocycles. The van der Waals surface area contributed by atoms with Gasteiger partial charge in [0, 0.05) is 17.0 Å². The summed E-state index contributed by atoms with van der Waals surface area (Å²) in [6.45, 7) is 3.55. The molecule has 0 bridgehead atoms. The monoisotopic (exact) mass is 278 g/mol. The normalized spacial score (nSPS) is 14.2. The van der Waals surface area contributed by atoms with Crippen LogP contribution in [-0.2, 0) is 12.0 Å². The predicted molar refractivity (Wildman–Crippen MR) is 75.9 cm³/mol. The second kappa shape index (κ2) is 5.32. The molecular weight excluding hydrogens is 263 g/mol. The highest BCUT2D eigenvalue weighted by atomic mass is 35.5. The number of hydrogen-bond donors (Lipinski definition) is 1. The van der Waals surface area contributed by atoms with Crippen molar-refractivity contribution in [2.24, 2.45) is 0 Å². The molecule has 0 saturated carbocycles. The van der Waals surface area contributed by atoms with Gasteiger partial charge >= 0.3 is 0 Å². The van der Waals surface area contributed by atoms with Crippen LogP contribution in [-0.4, -0.2) is 5.11 Å². The van der Waals surface area contributed by atoms with Crippen LogP contribution < -0.4 is 0 Å².